The molecule has 4 rings (SSSR count). The van der Waals surface area contributed by atoms with Gasteiger partial charge in [0.15, 0.2) is 5.76 Å². The van der Waals surface area contributed by atoms with Crippen molar-refractivity contribution in [2.75, 3.05) is 6.61 Å². The van der Waals surface area contributed by atoms with Gasteiger partial charge in [0.2, 0.25) is 11.2 Å². The van der Waals surface area contributed by atoms with Gasteiger partial charge in [-0.1, -0.05) is 48.0 Å². The van der Waals surface area contributed by atoms with Crippen LogP contribution in [0.4, 0.5) is 0 Å². The molecule has 156 valence electrons. The van der Waals surface area contributed by atoms with Crippen molar-refractivity contribution >= 4 is 28.5 Å². The molecule has 0 fully saturated rings. The summed E-state index contributed by atoms with van der Waals surface area (Å²) in [5.41, 5.74) is 1.36. The Labute approximate surface area is 183 Å². The topological polar surface area (TPSA) is 65.7 Å². The van der Waals surface area contributed by atoms with E-state index in [1.54, 1.807) is 54.6 Å². The molecule has 0 saturated carbocycles. The van der Waals surface area contributed by atoms with Crippen LogP contribution in [-0.4, -0.2) is 12.6 Å². The van der Waals surface area contributed by atoms with E-state index < -0.39 is 11.4 Å². The van der Waals surface area contributed by atoms with Gasteiger partial charge in [-0.15, -0.1) is 0 Å². The largest absolute Gasteiger partial charge is 0.493 e. The standard InChI is InChI=1S/C25H19ClO5/c1-16-11-12-19-21(15-16)30-24(18-9-5-6-10-20(18)26)25(23(19)28)31-22(27)13-14-29-17-7-3-2-4-8-17/h2-12,15H,13-14H2,1H3. The van der Waals surface area contributed by atoms with Gasteiger partial charge >= 0.3 is 5.97 Å². The fourth-order valence-electron chi connectivity index (χ4n) is 3.13. The fraction of sp³-hybridized carbons (Fsp3) is 0.120. The molecule has 1 aromatic heterocycles. The number of hydrogen-bond donors (Lipinski definition) is 0. The number of aryl methyl sites for hydroxylation is 1. The lowest BCUT2D eigenvalue weighted by Gasteiger charge is -2.12. The molecule has 0 N–H and O–H groups in total. The Morgan fingerprint density at radius 2 is 1.74 bits per heavy atom. The van der Waals surface area contributed by atoms with Crippen molar-refractivity contribution in [3.63, 3.8) is 0 Å². The Morgan fingerprint density at radius 3 is 2.52 bits per heavy atom. The number of rotatable bonds is 6. The number of esters is 1. The van der Waals surface area contributed by atoms with Crippen LogP contribution in [-0.2, 0) is 4.79 Å². The van der Waals surface area contributed by atoms with Crippen LogP contribution in [0.15, 0.2) is 82.0 Å². The predicted molar refractivity (Wildman–Crippen MR) is 120 cm³/mol. The van der Waals surface area contributed by atoms with Gasteiger partial charge in [-0.2, -0.15) is 0 Å². The minimum absolute atomic E-state index is 0.0395. The Kier molecular flexibility index (Phi) is 6.05. The number of fused-ring (bicyclic) bond motifs is 1. The van der Waals surface area contributed by atoms with E-state index in [4.69, 9.17) is 25.5 Å². The summed E-state index contributed by atoms with van der Waals surface area (Å²) in [4.78, 5) is 25.7. The molecular formula is C25H19ClO5. The highest BCUT2D eigenvalue weighted by molar-refractivity contribution is 6.33. The Balaban J connectivity index is 1.67. The van der Waals surface area contributed by atoms with Crippen molar-refractivity contribution in [2.45, 2.75) is 13.3 Å². The third kappa shape index (κ3) is 4.62. The van der Waals surface area contributed by atoms with E-state index >= 15 is 0 Å². The SMILES string of the molecule is Cc1ccc2c(=O)c(OC(=O)CCOc3ccccc3)c(-c3ccccc3Cl)oc2c1. The summed E-state index contributed by atoms with van der Waals surface area (Å²) in [6.45, 7) is 2.01. The van der Waals surface area contributed by atoms with Gasteiger partial charge in [0.25, 0.3) is 0 Å². The number of carbonyl (C=O) groups is 1. The van der Waals surface area contributed by atoms with Gasteiger partial charge in [0.1, 0.15) is 11.3 Å². The maximum absolute atomic E-state index is 13.2. The van der Waals surface area contributed by atoms with E-state index in [0.29, 0.717) is 27.3 Å². The van der Waals surface area contributed by atoms with Crippen LogP contribution < -0.4 is 14.9 Å². The van der Waals surface area contributed by atoms with Gasteiger partial charge in [-0.25, -0.2) is 0 Å². The van der Waals surface area contributed by atoms with E-state index in [9.17, 15) is 9.59 Å². The van der Waals surface area contributed by atoms with E-state index in [1.165, 1.54) is 0 Å². The molecule has 0 aliphatic rings. The lowest BCUT2D eigenvalue weighted by atomic mass is 10.1. The molecule has 0 bridgehead atoms. The van der Waals surface area contributed by atoms with Crippen molar-refractivity contribution in [1.82, 2.24) is 0 Å². The first-order valence-electron chi connectivity index (χ1n) is 9.74. The monoisotopic (exact) mass is 434 g/mol. The number of para-hydroxylation sites is 1. The molecule has 0 aliphatic carbocycles. The highest BCUT2D eigenvalue weighted by Crippen LogP contribution is 2.35. The van der Waals surface area contributed by atoms with Gasteiger partial charge < -0.3 is 13.9 Å². The van der Waals surface area contributed by atoms with Crippen LogP contribution in [0.2, 0.25) is 5.02 Å². The lowest BCUT2D eigenvalue weighted by molar-refractivity contribution is -0.135. The number of ether oxygens (including phenoxy) is 2. The molecule has 0 radical (unpaired) electrons. The Morgan fingerprint density at radius 1 is 1.00 bits per heavy atom. The third-order valence-corrected chi connectivity index (χ3v) is 4.99. The van der Waals surface area contributed by atoms with Crippen molar-refractivity contribution in [3.05, 3.63) is 93.6 Å². The van der Waals surface area contributed by atoms with Crippen LogP contribution in [0, 0.1) is 6.92 Å². The molecule has 1 heterocycles. The zero-order valence-electron chi connectivity index (χ0n) is 16.8. The molecule has 4 aromatic rings. The molecule has 5 nitrogen and oxygen atoms in total. The van der Waals surface area contributed by atoms with Crippen LogP contribution in [0.1, 0.15) is 12.0 Å². The molecule has 0 aliphatic heterocycles. The van der Waals surface area contributed by atoms with Crippen molar-refractivity contribution in [3.8, 4) is 22.8 Å². The summed E-state index contributed by atoms with van der Waals surface area (Å²) in [5.74, 6) is -0.0316. The molecule has 6 heteroatoms. The Bertz CT molecular complexity index is 1290. The maximum atomic E-state index is 13.2. The average Bonchev–Trinajstić information content (AvgIpc) is 2.76. The van der Waals surface area contributed by atoms with Crippen molar-refractivity contribution in [2.24, 2.45) is 0 Å². The van der Waals surface area contributed by atoms with Gasteiger partial charge in [0, 0.05) is 5.56 Å². The molecule has 3 aromatic carbocycles. The van der Waals surface area contributed by atoms with Crippen LogP contribution in [0.25, 0.3) is 22.3 Å². The first-order chi connectivity index (χ1) is 15.0. The quantitative estimate of drug-likeness (QED) is 0.359. The zero-order chi connectivity index (χ0) is 21.8. The molecule has 0 amide bonds. The summed E-state index contributed by atoms with van der Waals surface area (Å²) in [6.07, 6.45) is -0.0395. The molecule has 31 heavy (non-hydrogen) atoms. The Hall–Kier alpha value is -3.57. The van der Waals surface area contributed by atoms with Crippen LogP contribution in [0.5, 0.6) is 11.5 Å². The number of halogens is 1. The second-order valence-electron chi connectivity index (χ2n) is 6.95. The van der Waals surface area contributed by atoms with Crippen LogP contribution in [0.3, 0.4) is 0 Å². The normalized spacial score (nSPS) is 10.8. The van der Waals surface area contributed by atoms with Gasteiger partial charge in [-0.3, -0.25) is 9.59 Å². The minimum Gasteiger partial charge on any atom is -0.493 e. The van der Waals surface area contributed by atoms with Crippen LogP contribution >= 0.6 is 11.6 Å². The summed E-state index contributed by atoms with van der Waals surface area (Å²) < 4.78 is 17.0. The van der Waals surface area contributed by atoms with Gasteiger partial charge in [-0.05, 0) is 48.9 Å². The fourth-order valence-corrected chi connectivity index (χ4v) is 3.35. The predicted octanol–water partition coefficient (Wildman–Crippen LogP) is 5.80. The van der Waals surface area contributed by atoms with E-state index in [0.717, 1.165) is 5.56 Å². The molecule has 0 unspecified atom stereocenters. The molecule has 0 atom stereocenters. The minimum atomic E-state index is -0.608. The first kappa shape index (κ1) is 20.7. The second-order valence-corrected chi connectivity index (χ2v) is 7.36. The van der Waals surface area contributed by atoms with E-state index in [2.05, 4.69) is 0 Å². The third-order valence-electron chi connectivity index (χ3n) is 4.66. The second kappa shape index (κ2) is 9.06. The highest BCUT2D eigenvalue weighted by atomic mass is 35.5. The first-order valence-corrected chi connectivity index (χ1v) is 10.1. The smallest absolute Gasteiger partial charge is 0.314 e. The molecule has 0 saturated heterocycles. The summed E-state index contributed by atoms with van der Waals surface area (Å²) in [5, 5.41) is 0.701. The summed E-state index contributed by atoms with van der Waals surface area (Å²) in [7, 11) is 0. The van der Waals surface area contributed by atoms with E-state index in [-0.39, 0.29) is 24.5 Å². The van der Waals surface area contributed by atoms with Gasteiger partial charge in [0.05, 0.1) is 23.4 Å². The number of hydrogen-bond acceptors (Lipinski definition) is 5. The number of carbonyl (C=O) groups excluding carboxylic acids is 1. The maximum Gasteiger partial charge on any atom is 0.314 e. The van der Waals surface area contributed by atoms with E-state index in [1.807, 2.05) is 25.1 Å². The molecule has 0 spiro atoms. The summed E-state index contributed by atoms with van der Waals surface area (Å²) >= 11 is 6.33. The van der Waals surface area contributed by atoms with Crippen molar-refractivity contribution < 1.29 is 18.7 Å². The average molecular weight is 435 g/mol. The number of benzene rings is 3. The zero-order valence-corrected chi connectivity index (χ0v) is 17.5. The van der Waals surface area contributed by atoms with Crippen molar-refractivity contribution in [1.29, 1.82) is 0 Å². The highest BCUT2D eigenvalue weighted by Gasteiger charge is 2.22. The molecular weight excluding hydrogens is 416 g/mol. The lowest BCUT2D eigenvalue weighted by Crippen LogP contribution is -2.18. The summed E-state index contributed by atoms with van der Waals surface area (Å²) in [6, 6.07) is 21.3.